The molecule has 0 spiro atoms. The molecule has 194 valence electrons. The molecule has 0 saturated carbocycles. The van der Waals surface area contributed by atoms with Gasteiger partial charge in [0.05, 0.1) is 55.3 Å². The zero-order chi connectivity index (χ0) is 26.8. The summed E-state index contributed by atoms with van der Waals surface area (Å²) >= 11 is 5.80. The summed E-state index contributed by atoms with van der Waals surface area (Å²) in [5.74, 6) is 2.64. The van der Waals surface area contributed by atoms with Gasteiger partial charge in [-0.3, -0.25) is 15.1 Å². The van der Waals surface area contributed by atoms with Gasteiger partial charge in [0.2, 0.25) is 0 Å². The number of pyridine rings is 1. The van der Waals surface area contributed by atoms with Crippen LogP contribution in [0.4, 0.5) is 11.4 Å². The van der Waals surface area contributed by atoms with Crippen molar-refractivity contribution < 1.29 is 23.6 Å². The van der Waals surface area contributed by atoms with E-state index in [2.05, 4.69) is 10.3 Å². The van der Waals surface area contributed by atoms with Crippen molar-refractivity contribution in [1.29, 1.82) is 0 Å². The second-order valence-corrected chi connectivity index (χ2v) is 8.76. The van der Waals surface area contributed by atoms with Crippen LogP contribution >= 0.6 is 12.2 Å². The van der Waals surface area contributed by atoms with Gasteiger partial charge in [-0.15, -0.1) is 0 Å². The summed E-state index contributed by atoms with van der Waals surface area (Å²) in [6.07, 6.45) is 1.73. The summed E-state index contributed by atoms with van der Waals surface area (Å²) in [7, 11) is 4.63. The molecule has 1 saturated heterocycles. The van der Waals surface area contributed by atoms with Crippen LogP contribution in [0.2, 0.25) is 0 Å². The number of benzene rings is 2. The fraction of sp³-hybridized carbons (Fsp3) is 0.185. The van der Waals surface area contributed by atoms with Crippen LogP contribution in [0.1, 0.15) is 23.5 Å². The van der Waals surface area contributed by atoms with Crippen molar-refractivity contribution in [3.8, 4) is 28.6 Å². The van der Waals surface area contributed by atoms with Crippen molar-refractivity contribution in [2.24, 2.45) is 0 Å². The maximum absolute atomic E-state index is 11.2. The fourth-order valence-corrected chi connectivity index (χ4v) is 4.88. The molecule has 1 N–H and O–H groups in total. The van der Waals surface area contributed by atoms with Gasteiger partial charge >= 0.3 is 0 Å². The van der Waals surface area contributed by atoms with Crippen molar-refractivity contribution >= 4 is 28.7 Å². The zero-order valence-corrected chi connectivity index (χ0v) is 21.6. The van der Waals surface area contributed by atoms with E-state index in [9.17, 15) is 10.1 Å². The van der Waals surface area contributed by atoms with Gasteiger partial charge in [0.25, 0.3) is 5.69 Å². The van der Waals surface area contributed by atoms with Crippen LogP contribution in [0, 0.1) is 10.1 Å². The Morgan fingerprint density at radius 3 is 2.50 bits per heavy atom. The van der Waals surface area contributed by atoms with E-state index in [4.69, 9.17) is 30.8 Å². The fourth-order valence-electron chi connectivity index (χ4n) is 4.54. The number of anilines is 1. The number of hydrogen-bond acceptors (Lipinski definition) is 8. The number of thiocarbonyl (C=S) groups is 1. The van der Waals surface area contributed by atoms with Crippen molar-refractivity contribution in [2.45, 2.75) is 12.1 Å². The summed E-state index contributed by atoms with van der Waals surface area (Å²) in [4.78, 5) is 17.3. The van der Waals surface area contributed by atoms with Crippen LogP contribution < -0.4 is 24.4 Å². The van der Waals surface area contributed by atoms with Gasteiger partial charge in [-0.25, -0.2) is 0 Å². The number of rotatable bonds is 8. The number of nitro benzene ring substituents is 1. The lowest BCUT2D eigenvalue weighted by atomic mass is 10.0. The van der Waals surface area contributed by atoms with E-state index >= 15 is 0 Å². The van der Waals surface area contributed by atoms with Gasteiger partial charge in [0.1, 0.15) is 34.8 Å². The Balaban J connectivity index is 1.62. The molecule has 10 nitrogen and oxygen atoms in total. The van der Waals surface area contributed by atoms with Gasteiger partial charge in [-0.05, 0) is 54.7 Å². The number of aromatic nitrogens is 1. The van der Waals surface area contributed by atoms with Gasteiger partial charge in [0, 0.05) is 18.3 Å². The molecule has 38 heavy (non-hydrogen) atoms. The third kappa shape index (κ3) is 4.48. The number of non-ortho nitro benzene ring substituents is 1. The minimum Gasteiger partial charge on any atom is -0.497 e. The lowest BCUT2D eigenvalue weighted by Crippen LogP contribution is -2.29. The summed E-state index contributed by atoms with van der Waals surface area (Å²) in [5, 5.41) is 15.1. The first-order valence-corrected chi connectivity index (χ1v) is 12.0. The summed E-state index contributed by atoms with van der Waals surface area (Å²) in [5.41, 5.74) is 2.01. The first-order chi connectivity index (χ1) is 18.4. The van der Waals surface area contributed by atoms with Crippen molar-refractivity contribution in [2.75, 3.05) is 26.2 Å². The maximum atomic E-state index is 11.2. The lowest BCUT2D eigenvalue weighted by Gasteiger charge is -2.27. The topological polar surface area (TPSA) is 112 Å². The number of furan rings is 1. The average Bonchev–Trinajstić information content (AvgIpc) is 3.57. The molecular weight excluding hydrogens is 508 g/mol. The number of methoxy groups -OCH3 is 3. The van der Waals surface area contributed by atoms with Crippen LogP contribution in [0.25, 0.3) is 11.3 Å². The van der Waals surface area contributed by atoms with Crippen LogP contribution in [0.3, 0.4) is 0 Å². The molecule has 2 aromatic carbocycles. The molecule has 0 unspecified atom stereocenters. The highest BCUT2D eigenvalue weighted by molar-refractivity contribution is 7.80. The molecule has 11 heteroatoms. The van der Waals surface area contributed by atoms with E-state index in [1.165, 1.54) is 19.2 Å². The van der Waals surface area contributed by atoms with E-state index in [1.807, 2.05) is 41.3 Å². The van der Waals surface area contributed by atoms with E-state index in [0.29, 0.717) is 39.4 Å². The number of ether oxygens (including phenoxy) is 3. The second kappa shape index (κ2) is 10.4. The molecule has 0 radical (unpaired) electrons. The van der Waals surface area contributed by atoms with Crippen molar-refractivity contribution in [3.63, 3.8) is 0 Å². The molecule has 1 aliphatic heterocycles. The number of nitro groups is 1. The van der Waals surface area contributed by atoms with Crippen LogP contribution in [0.5, 0.6) is 17.2 Å². The summed E-state index contributed by atoms with van der Waals surface area (Å²) in [6, 6.07) is 18.5. The molecule has 1 aliphatic rings. The zero-order valence-electron chi connectivity index (χ0n) is 20.8. The predicted molar refractivity (Wildman–Crippen MR) is 145 cm³/mol. The number of nitrogens with one attached hydrogen (secondary N) is 1. The third-order valence-electron chi connectivity index (χ3n) is 6.32. The number of nitrogens with zero attached hydrogens (tertiary/aromatic N) is 3. The van der Waals surface area contributed by atoms with Gasteiger partial charge in [-0.1, -0.05) is 6.07 Å². The van der Waals surface area contributed by atoms with Gasteiger partial charge in [0.15, 0.2) is 5.11 Å². The Hall–Kier alpha value is -4.64. The molecule has 4 aromatic rings. The molecule has 0 bridgehead atoms. The smallest absolute Gasteiger partial charge is 0.273 e. The minimum atomic E-state index is -0.470. The summed E-state index contributed by atoms with van der Waals surface area (Å²) in [6.45, 7) is 0. The first kappa shape index (κ1) is 25.0. The average molecular weight is 533 g/mol. The predicted octanol–water partition coefficient (Wildman–Crippen LogP) is 5.45. The first-order valence-electron chi connectivity index (χ1n) is 11.6. The van der Waals surface area contributed by atoms with Crippen molar-refractivity contribution in [1.82, 2.24) is 10.3 Å². The highest BCUT2D eigenvalue weighted by atomic mass is 32.1. The van der Waals surface area contributed by atoms with Crippen LogP contribution in [0.15, 0.2) is 77.3 Å². The summed E-state index contributed by atoms with van der Waals surface area (Å²) < 4.78 is 22.9. The Morgan fingerprint density at radius 1 is 1.00 bits per heavy atom. The Labute approximate surface area is 223 Å². The molecule has 5 rings (SSSR count). The maximum Gasteiger partial charge on any atom is 0.273 e. The standard InChI is InChI=1S/C27H24N4O6S/c1-34-17-8-10-20(24(15-17)36-3)30-26(25(29-27(30)38)19-6-4-5-13-28-19)22-12-11-21(37-22)18-9-7-16(31(32)33)14-23(18)35-2/h4-15,25-26H,1-3H3,(H,29,38)/t25-,26+/m0/s1. The lowest BCUT2D eigenvalue weighted by molar-refractivity contribution is -0.384. The quantitative estimate of drug-likeness (QED) is 0.178. The Kier molecular flexibility index (Phi) is 6.84. The normalized spacial score (nSPS) is 16.7. The van der Waals surface area contributed by atoms with E-state index in [0.717, 1.165) is 11.4 Å². The second-order valence-electron chi connectivity index (χ2n) is 8.38. The monoisotopic (exact) mass is 532 g/mol. The highest BCUT2D eigenvalue weighted by Crippen LogP contribution is 2.46. The molecule has 1 fully saturated rings. The molecule has 2 aromatic heterocycles. The number of hydrogen-bond donors (Lipinski definition) is 1. The molecule has 3 heterocycles. The Morgan fingerprint density at radius 2 is 1.82 bits per heavy atom. The largest absolute Gasteiger partial charge is 0.497 e. The van der Waals surface area contributed by atoms with Crippen LogP contribution in [-0.4, -0.2) is 36.3 Å². The van der Waals surface area contributed by atoms with Crippen molar-refractivity contribution in [3.05, 3.63) is 94.5 Å². The molecule has 0 amide bonds. The SMILES string of the molecule is COc1ccc(N2C(=S)N[C@@H](c3ccccn3)[C@H]2c2ccc(-c3ccc([N+](=O)[O-])cc3OC)o2)c(OC)c1. The van der Waals surface area contributed by atoms with E-state index in [1.54, 1.807) is 38.6 Å². The van der Waals surface area contributed by atoms with Gasteiger partial charge in [-0.2, -0.15) is 0 Å². The Bertz CT molecular complexity index is 1490. The molecule has 2 atom stereocenters. The highest BCUT2D eigenvalue weighted by Gasteiger charge is 2.43. The molecule has 0 aliphatic carbocycles. The van der Waals surface area contributed by atoms with Crippen LogP contribution in [-0.2, 0) is 0 Å². The minimum absolute atomic E-state index is 0.0734. The third-order valence-corrected chi connectivity index (χ3v) is 6.64. The van der Waals surface area contributed by atoms with Gasteiger partial charge < -0.3 is 28.8 Å². The molecular formula is C27H24N4O6S. The van der Waals surface area contributed by atoms with E-state index in [-0.39, 0.29) is 11.7 Å². The van der Waals surface area contributed by atoms with E-state index < -0.39 is 11.0 Å².